The van der Waals surface area contributed by atoms with E-state index in [2.05, 4.69) is 92.7 Å². The van der Waals surface area contributed by atoms with E-state index in [0.29, 0.717) is 0 Å². The third-order valence-electron chi connectivity index (χ3n) is 7.27. The fourth-order valence-electron chi connectivity index (χ4n) is 4.91. The van der Waals surface area contributed by atoms with Gasteiger partial charge < -0.3 is 9.47 Å². The van der Waals surface area contributed by atoms with Gasteiger partial charge in [0, 0.05) is 0 Å². The molecule has 0 atom stereocenters. The first-order chi connectivity index (χ1) is 18.7. The van der Waals surface area contributed by atoms with Gasteiger partial charge in [-0.05, 0) is 53.8 Å². The minimum Gasteiger partial charge on any atom is -0.494 e. The van der Waals surface area contributed by atoms with Gasteiger partial charge in [0.2, 0.25) is 0 Å². The van der Waals surface area contributed by atoms with Crippen LogP contribution in [-0.4, -0.2) is 13.2 Å². The predicted molar refractivity (Wildman–Crippen MR) is 166 cm³/mol. The summed E-state index contributed by atoms with van der Waals surface area (Å²) in [5, 5.41) is 0. The first-order valence-electron chi connectivity index (χ1n) is 14.9. The maximum absolute atomic E-state index is 6.04. The highest BCUT2D eigenvalue weighted by Gasteiger charge is 2.32. The second-order valence-electron chi connectivity index (χ2n) is 10.4. The standard InChI is InChI=1S/C35H48O2S/c1-3-5-7-9-11-16-28-36-33-24-20-31(21-25-33)35(38,30-18-14-13-15-19-30)32-22-26-34(27-23-32)37-29-17-12-10-8-6-4-2/h13-15,18-27,38H,3-12,16-17,28-29H2,1-2H3. The maximum Gasteiger partial charge on any atom is 0.119 e. The molecule has 0 radical (unpaired) electrons. The van der Waals surface area contributed by atoms with Gasteiger partial charge in [-0.2, -0.15) is 12.6 Å². The average molecular weight is 533 g/mol. The Balaban J connectivity index is 1.63. The summed E-state index contributed by atoms with van der Waals surface area (Å²) in [5.41, 5.74) is 3.39. The Hall–Kier alpha value is -2.39. The summed E-state index contributed by atoms with van der Waals surface area (Å²) in [6, 6.07) is 27.5. The molecule has 0 saturated carbocycles. The SMILES string of the molecule is CCCCCCCCOc1ccc(C(S)(c2ccccc2)c2ccc(OCCCCCCCC)cc2)cc1. The molecule has 3 aromatic rings. The number of hydrogen-bond donors (Lipinski definition) is 1. The lowest BCUT2D eigenvalue weighted by Gasteiger charge is -2.31. The molecule has 0 aliphatic heterocycles. The van der Waals surface area contributed by atoms with Crippen LogP contribution in [0.25, 0.3) is 0 Å². The summed E-state index contributed by atoms with van der Waals surface area (Å²) < 4.78 is 11.5. The van der Waals surface area contributed by atoms with Crippen LogP contribution in [0.2, 0.25) is 0 Å². The van der Waals surface area contributed by atoms with Gasteiger partial charge in [0.15, 0.2) is 0 Å². The van der Waals surface area contributed by atoms with E-state index in [1.807, 2.05) is 0 Å². The smallest absolute Gasteiger partial charge is 0.119 e. The Morgan fingerprint density at radius 3 is 1.26 bits per heavy atom. The Morgan fingerprint density at radius 1 is 0.474 bits per heavy atom. The normalized spacial score (nSPS) is 11.4. The van der Waals surface area contributed by atoms with E-state index >= 15 is 0 Å². The van der Waals surface area contributed by atoms with Crippen LogP contribution in [0.4, 0.5) is 0 Å². The van der Waals surface area contributed by atoms with Crippen LogP contribution in [0.3, 0.4) is 0 Å². The van der Waals surface area contributed by atoms with Crippen molar-refractivity contribution in [1.29, 1.82) is 0 Å². The van der Waals surface area contributed by atoms with Crippen LogP contribution in [0.15, 0.2) is 78.9 Å². The second kappa shape index (κ2) is 17.2. The third kappa shape index (κ3) is 9.42. The van der Waals surface area contributed by atoms with E-state index < -0.39 is 4.75 Å². The summed E-state index contributed by atoms with van der Waals surface area (Å²) in [7, 11) is 0. The Labute approximate surface area is 237 Å². The van der Waals surface area contributed by atoms with Gasteiger partial charge in [0.25, 0.3) is 0 Å². The van der Waals surface area contributed by atoms with Crippen molar-refractivity contribution in [3.05, 3.63) is 95.6 Å². The van der Waals surface area contributed by atoms with Gasteiger partial charge in [0.1, 0.15) is 11.5 Å². The molecule has 0 amide bonds. The van der Waals surface area contributed by atoms with Crippen LogP contribution < -0.4 is 9.47 Å². The highest BCUT2D eigenvalue weighted by molar-refractivity contribution is 7.81. The number of ether oxygens (including phenoxy) is 2. The minimum absolute atomic E-state index is 0.573. The Morgan fingerprint density at radius 2 is 0.842 bits per heavy atom. The Kier molecular flexibility index (Phi) is 13.7. The van der Waals surface area contributed by atoms with Gasteiger partial charge in [-0.25, -0.2) is 0 Å². The van der Waals surface area contributed by atoms with Gasteiger partial charge in [-0.15, -0.1) is 0 Å². The van der Waals surface area contributed by atoms with E-state index in [1.54, 1.807) is 0 Å². The minimum atomic E-state index is -0.573. The molecule has 0 unspecified atom stereocenters. The topological polar surface area (TPSA) is 18.5 Å². The zero-order chi connectivity index (χ0) is 26.9. The zero-order valence-electron chi connectivity index (χ0n) is 23.7. The molecule has 2 nitrogen and oxygen atoms in total. The van der Waals surface area contributed by atoms with Crippen molar-refractivity contribution in [2.75, 3.05) is 13.2 Å². The van der Waals surface area contributed by atoms with E-state index in [1.165, 1.54) is 64.2 Å². The van der Waals surface area contributed by atoms with Crippen LogP contribution in [0.5, 0.6) is 11.5 Å². The Bertz CT molecular complexity index is 937. The van der Waals surface area contributed by atoms with Crippen molar-refractivity contribution >= 4 is 12.6 Å². The lowest BCUT2D eigenvalue weighted by molar-refractivity contribution is 0.304. The number of rotatable bonds is 19. The summed E-state index contributed by atoms with van der Waals surface area (Å²) in [5.74, 6) is 1.84. The van der Waals surface area contributed by atoms with Crippen LogP contribution in [0.1, 0.15) is 108 Å². The number of thiol groups is 1. The average Bonchev–Trinajstić information content (AvgIpc) is 2.97. The van der Waals surface area contributed by atoms with E-state index in [0.717, 1.165) is 54.2 Å². The van der Waals surface area contributed by atoms with Crippen molar-refractivity contribution in [2.45, 2.75) is 95.6 Å². The van der Waals surface area contributed by atoms with Gasteiger partial charge in [-0.1, -0.05) is 133 Å². The van der Waals surface area contributed by atoms with Crippen LogP contribution >= 0.6 is 12.6 Å². The molecule has 206 valence electrons. The molecular formula is C35H48O2S. The molecule has 3 rings (SSSR count). The quantitative estimate of drug-likeness (QED) is 0.0940. The highest BCUT2D eigenvalue weighted by Crippen LogP contribution is 2.43. The lowest BCUT2D eigenvalue weighted by Crippen LogP contribution is -2.22. The van der Waals surface area contributed by atoms with Gasteiger partial charge >= 0.3 is 0 Å². The lowest BCUT2D eigenvalue weighted by atomic mass is 9.84. The van der Waals surface area contributed by atoms with Crippen molar-refractivity contribution in [3.8, 4) is 11.5 Å². The molecule has 0 saturated heterocycles. The molecule has 0 aliphatic rings. The first kappa shape index (κ1) is 30.2. The summed E-state index contributed by atoms with van der Waals surface area (Å²) >= 11 is 5.33. The van der Waals surface area contributed by atoms with E-state index in [4.69, 9.17) is 22.1 Å². The number of benzene rings is 3. The van der Waals surface area contributed by atoms with Crippen molar-refractivity contribution in [3.63, 3.8) is 0 Å². The molecule has 0 fully saturated rings. The van der Waals surface area contributed by atoms with Crippen LogP contribution in [-0.2, 0) is 4.75 Å². The molecule has 38 heavy (non-hydrogen) atoms. The zero-order valence-corrected chi connectivity index (χ0v) is 24.6. The third-order valence-corrected chi connectivity index (χ3v) is 8.04. The fourth-order valence-corrected chi connectivity index (χ4v) is 5.36. The molecule has 0 N–H and O–H groups in total. The summed E-state index contributed by atoms with van der Waals surface area (Å²) in [6.45, 7) is 6.06. The molecule has 0 bridgehead atoms. The highest BCUT2D eigenvalue weighted by atomic mass is 32.1. The monoisotopic (exact) mass is 532 g/mol. The van der Waals surface area contributed by atoms with E-state index in [9.17, 15) is 0 Å². The molecule has 3 heteroatoms. The van der Waals surface area contributed by atoms with Crippen LogP contribution in [0, 0.1) is 0 Å². The van der Waals surface area contributed by atoms with Crippen molar-refractivity contribution in [2.24, 2.45) is 0 Å². The van der Waals surface area contributed by atoms with E-state index in [-0.39, 0.29) is 0 Å². The largest absolute Gasteiger partial charge is 0.494 e. The molecular weight excluding hydrogens is 484 g/mol. The summed E-state index contributed by atoms with van der Waals surface area (Å²) in [6.07, 6.45) is 15.2. The summed E-state index contributed by atoms with van der Waals surface area (Å²) in [4.78, 5) is 0. The van der Waals surface area contributed by atoms with Gasteiger partial charge in [-0.3, -0.25) is 0 Å². The molecule has 0 aromatic heterocycles. The molecule has 0 spiro atoms. The second-order valence-corrected chi connectivity index (χ2v) is 11.0. The fraction of sp³-hybridized carbons (Fsp3) is 0.486. The maximum atomic E-state index is 6.04. The molecule has 3 aromatic carbocycles. The van der Waals surface area contributed by atoms with Crippen molar-refractivity contribution < 1.29 is 9.47 Å². The van der Waals surface area contributed by atoms with Crippen molar-refractivity contribution in [1.82, 2.24) is 0 Å². The molecule has 0 aliphatic carbocycles. The molecule has 0 heterocycles. The van der Waals surface area contributed by atoms with Gasteiger partial charge in [0.05, 0.1) is 18.0 Å². The predicted octanol–water partition coefficient (Wildman–Crippen LogP) is 10.4. The first-order valence-corrected chi connectivity index (χ1v) is 15.4. The number of hydrogen-bond acceptors (Lipinski definition) is 3. The number of unbranched alkanes of at least 4 members (excludes halogenated alkanes) is 10.